The van der Waals surface area contributed by atoms with Crippen LogP contribution in [0, 0.1) is 0 Å². The van der Waals surface area contributed by atoms with E-state index < -0.39 is 40.0 Å². The Labute approximate surface area is 255 Å². The van der Waals surface area contributed by atoms with E-state index in [4.69, 9.17) is 46.4 Å². The number of benzene rings is 3. The van der Waals surface area contributed by atoms with Gasteiger partial charge in [-0.2, -0.15) is 0 Å². The minimum atomic E-state index is -4.30. The maximum atomic E-state index is 14.0. The van der Waals surface area contributed by atoms with Crippen LogP contribution in [-0.2, 0) is 26.2 Å². The average molecular weight is 645 g/mol. The van der Waals surface area contributed by atoms with Gasteiger partial charge in [-0.25, -0.2) is 8.42 Å². The average Bonchev–Trinajstić information content (AvgIpc) is 2.88. The van der Waals surface area contributed by atoms with Crippen LogP contribution in [0.5, 0.6) is 0 Å². The summed E-state index contributed by atoms with van der Waals surface area (Å²) in [6, 6.07) is 16.0. The van der Waals surface area contributed by atoms with Gasteiger partial charge in [0.15, 0.2) is 0 Å². The largest absolute Gasteiger partial charge is 0.350 e. The summed E-state index contributed by atoms with van der Waals surface area (Å²) in [6.07, 6.45) is 0. The van der Waals surface area contributed by atoms with Crippen molar-refractivity contribution in [2.75, 3.05) is 10.8 Å². The van der Waals surface area contributed by atoms with E-state index >= 15 is 0 Å². The fourth-order valence-electron chi connectivity index (χ4n) is 3.83. The van der Waals surface area contributed by atoms with Crippen LogP contribution in [0.3, 0.4) is 0 Å². The number of hydrogen-bond donors (Lipinski definition) is 1. The van der Waals surface area contributed by atoms with Crippen LogP contribution in [0.1, 0.15) is 33.3 Å². The summed E-state index contributed by atoms with van der Waals surface area (Å²) in [5.74, 6) is -1.13. The fourth-order valence-corrected chi connectivity index (χ4v) is 6.24. The number of carbonyl (C=O) groups excluding carboxylic acids is 2. The van der Waals surface area contributed by atoms with E-state index in [0.717, 1.165) is 4.31 Å². The van der Waals surface area contributed by atoms with Crippen molar-refractivity contribution in [2.45, 2.75) is 50.7 Å². The Hall–Kier alpha value is -2.49. The third-order valence-electron chi connectivity index (χ3n) is 5.87. The van der Waals surface area contributed by atoms with Crippen molar-refractivity contribution in [1.82, 2.24) is 10.2 Å². The molecule has 40 heavy (non-hydrogen) atoms. The molecular formula is C28H29Cl4N3O4S. The SMILES string of the molecule is C[C@H](C(=O)NC(C)(C)C)N(Cc1c(Cl)cccc1Cl)C(=O)CN(c1cccc(Cl)c1Cl)S(=O)(=O)c1ccccc1. The number of nitrogens with one attached hydrogen (secondary N) is 1. The maximum absolute atomic E-state index is 14.0. The van der Waals surface area contributed by atoms with Crippen LogP contribution in [0.4, 0.5) is 5.69 Å². The molecule has 1 atom stereocenters. The summed E-state index contributed by atoms with van der Waals surface area (Å²) in [5.41, 5.74) is -0.166. The Kier molecular flexibility index (Phi) is 10.4. The minimum Gasteiger partial charge on any atom is -0.350 e. The molecule has 0 aliphatic carbocycles. The molecule has 0 aliphatic heterocycles. The van der Waals surface area contributed by atoms with Crippen molar-refractivity contribution in [3.63, 3.8) is 0 Å². The Morgan fingerprint density at radius 3 is 1.98 bits per heavy atom. The first-order valence-electron chi connectivity index (χ1n) is 12.2. The number of carbonyl (C=O) groups is 2. The highest BCUT2D eigenvalue weighted by Gasteiger charge is 2.34. The second-order valence-corrected chi connectivity index (χ2v) is 13.5. The van der Waals surface area contributed by atoms with Gasteiger partial charge in [-0.15, -0.1) is 0 Å². The molecule has 7 nitrogen and oxygen atoms in total. The summed E-state index contributed by atoms with van der Waals surface area (Å²) in [7, 11) is -4.30. The molecule has 3 aromatic rings. The van der Waals surface area contributed by atoms with Crippen LogP contribution >= 0.6 is 46.4 Å². The smallest absolute Gasteiger partial charge is 0.264 e. The highest BCUT2D eigenvalue weighted by molar-refractivity contribution is 7.92. The van der Waals surface area contributed by atoms with Crippen molar-refractivity contribution in [3.8, 4) is 0 Å². The molecule has 0 heterocycles. The van der Waals surface area contributed by atoms with E-state index in [9.17, 15) is 18.0 Å². The van der Waals surface area contributed by atoms with Crippen LogP contribution in [0.2, 0.25) is 20.1 Å². The molecule has 0 fully saturated rings. The standard InChI is InChI=1S/C28H29Cl4N3O4S/c1-18(27(37)33-28(2,3)4)34(16-20-21(29)12-8-13-22(20)30)25(36)17-35(24-15-9-14-23(31)26(24)32)40(38,39)19-10-6-5-7-11-19/h5-15,18H,16-17H2,1-4H3,(H,33,37)/t18-/m1/s1. The van der Waals surface area contributed by atoms with Crippen LogP contribution in [0.15, 0.2) is 71.6 Å². The third kappa shape index (κ3) is 7.62. The Bertz CT molecular complexity index is 1470. The lowest BCUT2D eigenvalue weighted by molar-refractivity contribution is -0.140. The molecule has 1 N–H and O–H groups in total. The van der Waals surface area contributed by atoms with Crippen molar-refractivity contribution in [1.29, 1.82) is 0 Å². The second kappa shape index (κ2) is 13.0. The van der Waals surface area contributed by atoms with E-state index in [1.165, 1.54) is 35.2 Å². The monoisotopic (exact) mass is 643 g/mol. The number of hydrogen-bond acceptors (Lipinski definition) is 4. The third-order valence-corrected chi connectivity index (χ3v) is 9.16. The summed E-state index contributed by atoms with van der Waals surface area (Å²) < 4.78 is 28.6. The van der Waals surface area contributed by atoms with Gasteiger partial charge in [-0.3, -0.25) is 13.9 Å². The Morgan fingerprint density at radius 1 is 0.850 bits per heavy atom. The van der Waals surface area contributed by atoms with Crippen molar-refractivity contribution < 1.29 is 18.0 Å². The predicted octanol–water partition coefficient (Wildman–Crippen LogP) is 6.83. The summed E-state index contributed by atoms with van der Waals surface area (Å²) in [5, 5.41) is 3.50. The van der Waals surface area contributed by atoms with Gasteiger partial charge in [0, 0.05) is 27.7 Å². The first-order valence-corrected chi connectivity index (χ1v) is 15.1. The van der Waals surface area contributed by atoms with Crippen molar-refractivity contribution in [2.24, 2.45) is 0 Å². The number of rotatable bonds is 9. The van der Waals surface area contributed by atoms with E-state index in [1.54, 1.807) is 43.3 Å². The van der Waals surface area contributed by atoms with Gasteiger partial charge in [-0.1, -0.05) is 76.7 Å². The van der Waals surface area contributed by atoms with Gasteiger partial charge in [0.05, 0.1) is 20.6 Å². The maximum Gasteiger partial charge on any atom is 0.264 e. The zero-order valence-corrected chi connectivity index (χ0v) is 26.1. The summed E-state index contributed by atoms with van der Waals surface area (Å²) >= 11 is 25.5. The Balaban J connectivity index is 2.11. The lowest BCUT2D eigenvalue weighted by Crippen LogP contribution is -2.54. The van der Waals surface area contributed by atoms with Gasteiger partial charge in [0.25, 0.3) is 10.0 Å². The summed E-state index contributed by atoms with van der Waals surface area (Å²) in [4.78, 5) is 28.4. The van der Waals surface area contributed by atoms with Crippen LogP contribution in [0.25, 0.3) is 0 Å². The predicted molar refractivity (Wildman–Crippen MR) is 162 cm³/mol. The zero-order chi connectivity index (χ0) is 29.8. The molecule has 0 bridgehead atoms. The molecule has 0 aliphatic rings. The quantitative estimate of drug-likeness (QED) is 0.277. The van der Waals surface area contributed by atoms with E-state index in [1.807, 2.05) is 20.8 Å². The van der Waals surface area contributed by atoms with Gasteiger partial charge < -0.3 is 10.2 Å². The first kappa shape index (κ1) is 32.0. The number of anilines is 1. The Morgan fingerprint density at radius 2 is 1.40 bits per heavy atom. The number of amides is 2. The fraction of sp³-hybridized carbons (Fsp3) is 0.286. The van der Waals surface area contributed by atoms with Gasteiger partial charge >= 0.3 is 0 Å². The van der Waals surface area contributed by atoms with Gasteiger partial charge in [0.2, 0.25) is 11.8 Å². The van der Waals surface area contributed by atoms with Gasteiger partial charge in [0.1, 0.15) is 12.6 Å². The highest BCUT2D eigenvalue weighted by Crippen LogP contribution is 2.36. The van der Waals surface area contributed by atoms with Gasteiger partial charge in [-0.05, 0) is 64.1 Å². The van der Waals surface area contributed by atoms with Crippen LogP contribution in [-0.4, -0.2) is 43.3 Å². The number of halogens is 4. The normalized spacial score (nSPS) is 12.5. The van der Waals surface area contributed by atoms with E-state index in [-0.39, 0.29) is 27.2 Å². The van der Waals surface area contributed by atoms with Crippen LogP contribution < -0.4 is 9.62 Å². The molecule has 3 rings (SSSR count). The highest BCUT2D eigenvalue weighted by atomic mass is 35.5. The minimum absolute atomic E-state index is 0.00823. The first-order chi connectivity index (χ1) is 18.6. The lowest BCUT2D eigenvalue weighted by Gasteiger charge is -2.34. The molecule has 0 radical (unpaired) electrons. The molecule has 0 saturated carbocycles. The summed E-state index contributed by atoms with van der Waals surface area (Å²) in [6.45, 7) is 6.13. The second-order valence-electron chi connectivity index (χ2n) is 10.0. The lowest BCUT2D eigenvalue weighted by atomic mass is 10.1. The molecule has 0 saturated heterocycles. The molecule has 0 aromatic heterocycles. The molecule has 0 spiro atoms. The molecule has 214 valence electrons. The molecular weight excluding hydrogens is 616 g/mol. The van der Waals surface area contributed by atoms with Crippen molar-refractivity contribution >= 4 is 73.9 Å². The number of nitrogens with zero attached hydrogens (tertiary/aromatic N) is 2. The molecule has 12 heteroatoms. The molecule has 2 amide bonds. The molecule has 0 unspecified atom stereocenters. The number of sulfonamides is 1. The van der Waals surface area contributed by atoms with E-state index in [0.29, 0.717) is 15.6 Å². The van der Waals surface area contributed by atoms with Crippen molar-refractivity contribution in [3.05, 3.63) is 92.4 Å². The zero-order valence-electron chi connectivity index (χ0n) is 22.3. The topological polar surface area (TPSA) is 86.8 Å². The van der Waals surface area contributed by atoms with E-state index in [2.05, 4.69) is 5.32 Å². The molecule has 3 aromatic carbocycles.